The molecule has 2 aromatic carbocycles. The van der Waals surface area contributed by atoms with Crippen molar-refractivity contribution >= 4 is 41.1 Å². The van der Waals surface area contributed by atoms with Crippen LogP contribution in [0, 0.1) is 13.0 Å². The molecular weight excluding hydrogens is 554 g/mol. The molecule has 0 amide bonds. The quantitative estimate of drug-likeness (QED) is 0.212. The van der Waals surface area contributed by atoms with Gasteiger partial charge in [-0.15, -0.1) is 11.5 Å². The molecule has 0 bridgehead atoms. The Bertz CT molecular complexity index is 1030. The summed E-state index contributed by atoms with van der Waals surface area (Å²) in [7, 11) is 1.28. The first-order valence-electron chi connectivity index (χ1n) is 8.03. The van der Waals surface area contributed by atoms with E-state index in [-0.39, 0.29) is 76.7 Å². The van der Waals surface area contributed by atoms with Crippen LogP contribution in [-0.4, -0.2) is 41.7 Å². The maximum atomic E-state index is 11.0. The fourth-order valence-electron chi connectivity index (χ4n) is 2.07. The minimum atomic E-state index is -0.934. The number of aromatic carboxylic acids is 1. The van der Waals surface area contributed by atoms with Gasteiger partial charge in [-0.25, -0.2) is 21.7 Å². The molecule has 0 aliphatic carbocycles. The molecule has 0 fully saturated rings. The monoisotopic (exact) mass is 572 g/mol. The zero-order chi connectivity index (χ0) is 21.8. The molecule has 2 radical (unpaired) electrons. The van der Waals surface area contributed by atoms with Gasteiger partial charge in [0.05, 0.1) is 18.2 Å². The van der Waals surface area contributed by atoms with Gasteiger partial charge in [0, 0.05) is 76.7 Å². The summed E-state index contributed by atoms with van der Waals surface area (Å²) in [5.41, 5.74) is 7.40. The molecule has 0 saturated heterocycles. The van der Waals surface area contributed by atoms with Crippen LogP contribution in [0.3, 0.4) is 0 Å². The number of rotatable bonds is 3. The number of ether oxygens (including phenoxy) is 1. The molecule has 156 valence electrons. The predicted octanol–water partition coefficient (Wildman–Crippen LogP) is 2.62. The first-order valence-corrected chi connectivity index (χ1v) is 8.03. The topological polar surface area (TPSA) is 137 Å². The fourth-order valence-corrected chi connectivity index (χ4v) is 2.07. The average molecular weight is 572 g/mol. The van der Waals surface area contributed by atoms with E-state index >= 15 is 0 Å². The molecule has 1 heterocycles. The number of carbonyl (C=O) groups is 4. The third-order valence-electron chi connectivity index (χ3n) is 3.43. The molecule has 10 heteroatoms. The fraction of sp³-hybridized carbons (Fsp3) is 0.0476. The molecule has 31 heavy (non-hydrogen) atoms. The van der Waals surface area contributed by atoms with E-state index < -0.39 is 11.9 Å². The zero-order valence-corrected chi connectivity index (χ0v) is 22.3. The summed E-state index contributed by atoms with van der Waals surface area (Å²) in [6, 6.07) is 13.8. The molecule has 3 rings (SSSR count). The van der Waals surface area contributed by atoms with Gasteiger partial charge >= 0.3 is 11.9 Å². The number of carboxylic acids is 1. The van der Waals surface area contributed by atoms with Gasteiger partial charge in [-0.3, -0.25) is 9.78 Å². The number of nitrogens with two attached hydrogens (primary N) is 1. The van der Waals surface area contributed by atoms with Crippen LogP contribution in [0.25, 0.3) is 10.9 Å². The SMILES string of the molecule is COC(=O)c1ccc(C=O)c(N)c1.O=C(O)c1ccc2c[c-]cnc2c1.[CH2-]C=O.[Y].[Y]. The number of carboxylic acid groups (broad SMARTS) is 1. The Labute approximate surface area is 229 Å². The zero-order valence-electron chi connectivity index (χ0n) is 16.6. The van der Waals surface area contributed by atoms with Gasteiger partial charge in [0.15, 0.2) is 6.29 Å². The number of nitrogen functional groups attached to an aromatic ring is 1. The molecule has 0 spiro atoms. The summed E-state index contributed by atoms with van der Waals surface area (Å²) in [5.74, 6) is -1.40. The standard InChI is InChI=1S/C10H6NO2.C9H9NO3.C2H3O.2Y/c12-10(13)8-4-3-7-2-1-5-11-9(7)6-8;1-13-9(12)6-2-3-7(5-11)8(10)4-6;1-2-3;;/h2-6H,(H,12,13);2-5H,10H2,1H3;2H,1H2;;/q-1;;-1;;. The smallest absolute Gasteiger partial charge is 0.337 e. The van der Waals surface area contributed by atoms with Gasteiger partial charge < -0.3 is 27.3 Å². The van der Waals surface area contributed by atoms with E-state index in [1.807, 2.05) is 0 Å². The van der Waals surface area contributed by atoms with Crippen LogP contribution in [0.1, 0.15) is 31.1 Å². The number of hydrogen-bond acceptors (Lipinski definition) is 7. The van der Waals surface area contributed by atoms with Crippen LogP contribution in [-0.2, 0) is 74.9 Å². The van der Waals surface area contributed by atoms with Gasteiger partial charge in [-0.1, -0.05) is 12.3 Å². The number of aromatic nitrogens is 1. The van der Waals surface area contributed by atoms with Gasteiger partial charge in [0.25, 0.3) is 0 Å². The van der Waals surface area contributed by atoms with Crippen molar-refractivity contribution in [3.8, 4) is 0 Å². The molecular formula is C21H18N2O6Y2-2. The van der Waals surface area contributed by atoms with E-state index in [1.165, 1.54) is 31.5 Å². The van der Waals surface area contributed by atoms with E-state index in [0.29, 0.717) is 29.2 Å². The number of esters is 1. The first-order chi connectivity index (χ1) is 13.9. The van der Waals surface area contributed by atoms with Crippen molar-refractivity contribution in [2.24, 2.45) is 0 Å². The second-order valence-electron chi connectivity index (χ2n) is 5.27. The Morgan fingerprint density at radius 2 is 1.74 bits per heavy atom. The average Bonchev–Trinajstić information content (AvgIpc) is 2.73. The number of carbonyl (C=O) groups excluding carboxylic acids is 3. The second kappa shape index (κ2) is 16.7. The minimum absolute atomic E-state index is 0. The molecule has 1 aromatic heterocycles. The van der Waals surface area contributed by atoms with Crippen LogP contribution in [0.2, 0.25) is 0 Å². The molecule has 3 N–H and O–H groups in total. The number of nitrogens with zero attached hydrogens (tertiary/aromatic N) is 1. The van der Waals surface area contributed by atoms with E-state index in [0.717, 1.165) is 5.39 Å². The Kier molecular flexibility index (Phi) is 16.8. The van der Waals surface area contributed by atoms with Crippen LogP contribution in [0.4, 0.5) is 5.69 Å². The Morgan fingerprint density at radius 3 is 2.26 bits per heavy atom. The number of methoxy groups -OCH3 is 1. The molecule has 0 saturated carbocycles. The predicted molar refractivity (Wildman–Crippen MR) is 107 cm³/mol. The normalized spacial score (nSPS) is 8.55. The molecule has 0 aliphatic rings. The number of hydrogen-bond donors (Lipinski definition) is 2. The van der Waals surface area contributed by atoms with Crippen molar-refractivity contribution in [2.45, 2.75) is 0 Å². The molecule has 0 unspecified atom stereocenters. The van der Waals surface area contributed by atoms with Crippen LogP contribution in [0.15, 0.2) is 48.7 Å². The Morgan fingerprint density at radius 1 is 1.13 bits per heavy atom. The third kappa shape index (κ3) is 10.2. The number of aldehydes is 2. The summed E-state index contributed by atoms with van der Waals surface area (Å²) in [5, 5.41) is 9.60. The number of benzene rings is 2. The van der Waals surface area contributed by atoms with Crippen molar-refractivity contribution in [3.63, 3.8) is 0 Å². The number of pyridine rings is 1. The minimum Gasteiger partial charge on any atom is -0.478 e. The second-order valence-corrected chi connectivity index (χ2v) is 5.27. The summed E-state index contributed by atoms with van der Waals surface area (Å²) in [6.45, 7) is 2.81. The summed E-state index contributed by atoms with van der Waals surface area (Å²) < 4.78 is 4.48. The summed E-state index contributed by atoms with van der Waals surface area (Å²) >= 11 is 0. The molecule has 3 aromatic rings. The van der Waals surface area contributed by atoms with Crippen molar-refractivity contribution in [3.05, 3.63) is 78.3 Å². The summed E-state index contributed by atoms with van der Waals surface area (Å²) in [4.78, 5) is 44.7. The largest absolute Gasteiger partial charge is 0.478 e. The van der Waals surface area contributed by atoms with E-state index in [2.05, 4.69) is 22.7 Å². The Balaban J connectivity index is 0. The van der Waals surface area contributed by atoms with E-state index in [9.17, 15) is 14.4 Å². The van der Waals surface area contributed by atoms with Crippen molar-refractivity contribution in [1.82, 2.24) is 4.98 Å². The van der Waals surface area contributed by atoms with Crippen LogP contribution < -0.4 is 5.73 Å². The maximum absolute atomic E-state index is 11.0. The van der Waals surface area contributed by atoms with Crippen LogP contribution >= 0.6 is 0 Å². The van der Waals surface area contributed by atoms with Crippen molar-refractivity contribution in [2.75, 3.05) is 12.8 Å². The summed E-state index contributed by atoms with van der Waals surface area (Å²) in [6.07, 6.45) is 2.66. The van der Waals surface area contributed by atoms with Crippen molar-refractivity contribution in [1.29, 1.82) is 0 Å². The van der Waals surface area contributed by atoms with Crippen LogP contribution in [0.5, 0.6) is 0 Å². The molecule has 0 aliphatic heterocycles. The van der Waals surface area contributed by atoms with Gasteiger partial charge in [-0.2, -0.15) is 0 Å². The van der Waals surface area contributed by atoms with Gasteiger partial charge in [0.2, 0.25) is 0 Å². The van der Waals surface area contributed by atoms with Crippen molar-refractivity contribution < 1.29 is 94.4 Å². The first kappa shape index (κ1) is 31.2. The van der Waals surface area contributed by atoms with E-state index in [1.54, 1.807) is 24.3 Å². The number of anilines is 1. The number of fused-ring (bicyclic) bond motifs is 1. The molecule has 8 nitrogen and oxygen atoms in total. The third-order valence-corrected chi connectivity index (χ3v) is 3.43. The maximum Gasteiger partial charge on any atom is 0.337 e. The molecule has 0 atom stereocenters. The van der Waals surface area contributed by atoms with E-state index in [4.69, 9.17) is 15.6 Å². The van der Waals surface area contributed by atoms with Gasteiger partial charge in [0.1, 0.15) is 0 Å². The van der Waals surface area contributed by atoms with Gasteiger partial charge in [-0.05, 0) is 36.1 Å². The Hall–Kier alpha value is -1.99.